The lowest BCUT2D eigenvalue weighted by atomic mass is 10.0. The molecule has 3 fully saturated rings. The van der Waals surface area contributed by atoms with Gasteiger partial charge in [0.15, 0.2) is 0 Å². The van der Waals surface area contributed by atoms with Gasteiger partial charge in [-0.25, -0.2) is 0 Å². The molecule has 0 N–H and O–H groups in total. The maximum atomic E-state index is 5.46. The van der Waals surface area contributed by atoms with E-state index in [1.165, 1.54) is 25.4 Å². The molecule has 1 radical (unpaired) electrons. The van der Waals surface area contributed by atoms with E-state index in [1.54, 1.807) is 0 Å². The molecule has 55 valence electrons. The van der Waals surface area contributed by atoms with Crippen molar-refractivity contribution in [1.29, 1.82) is 0 Å². The second-order valence-corrected chi connectivity index (χ2v) is 3.67. The van der Waals surface area contributed by atoms with Crippen LogP contribution >= 0.6 is 0 Å². The van der Waals surface area contributed by atoms with Gasteiger partial charge in [0.05, 0.1) is 0 Å². The number of hydrogen-bond donors (Lipinski definition) is 0. The fraction of sp³-hybridized carbons (Fsp3) is 0.875. The summed E-state index contributed by atoms with van der Waals surface area (Å²) in [6, 6.07) is 1.56. The number of nitrogens with zero attached hydrogens (tertiary/aromatic N) is 1. The van der Waals surface area contributed by atoms with E-state index in [0.717, 1.165) is 12.1 Å². The smallest absolute Gasteiger partial charge is 0.129 e. The summed E-state index contributed by atoms with van der Waals surface area (Å²) in [6.45, 7) is 0. The van der Waals surface area contributed by atoms with Crippen molar-refractivity contribution in [2.75, 3.05) is 7.05 Å². The molecule has 3 heterocycles. The Hall–Kier alpha value is -0.0800. The quantitative estimate of drug-likeness (QED) is 0.460. The molecule has 3 unspecified atom stereocenters. The predicted molar refractivity (Wildman–Crippen MR) is 37.3 cm³/mol. The Morgan fingerprint density at radius 2 is 2.40 bits per heavy atom. The molecule has 0 amide bonds. The van der Waals surface area contributed by atoms with Crippen molar-refractivity contribution in [2.24, 2.45) is 0 Å². The van der Waals surface area contributed by atoms with E-state index in [9.17, 15) is 0 Å². The number of fused-ring (bicyclic) bond motifs is 4. The first-order valence-corrected chi connectivity index (χ1v) is 4.10. The summed E-state index contributed by atoms with van der Waals surface area (Å²) >= 11 is 0. The third-order valence-corrected chi connectivity index (χ3v) is 3.22. The van der Waals surface area contributed by atoms with Crippen molar-refractivity contribution < 1.29 is 4.74 Å². The molecule has 0 aromatic rings. The predicted octanol–water partition coefficient (Wildman–Crippen LogP) is 0.784. The first-order chi connectivity index (χ1) is 4.86. The summed E-state index contributed by atoms with van der Waals surface area (Å²) in [5, 5.41) is 0. The van der Waals surface area contributed by atoms with Gasteiger partial charge in [-0.1, -0.05) is 0 Å². The van der Waals surface area contributed by atoms with E-state index in [2.05, 4.69) is 11.9 Å². The Morgan fingerprint density at radius 3 is 3.30 bits per heavy atom. The Morgan fingerprint density at radius 1 is 1.50 bits per heavy atom. The fourth-order valence-electron chi connectivity index (χ4n) is 2.47. The average Bonchev–Trinajstić information content (AvgIpc) is 2.55. The standard InChI is InChI=1S/C8H12NO/c1-9-5-2-3-6(9)8-7(4-5)10-8/h5-6,8H,2-4H2,1H3. The molecular weight excluding hydrogens is 126 g/mol. The Labute approximate surface area is 61.1 Å². The third-order valence-electron chi connectivity index (χ3n) is 3.22. The average molecular weight is 138 g/mol. The number of ether oxygens (including phenoxy) is 1. The van der Waals surface area contributed by atoms with E-state index in [4.69, 9.17) is 4.74 Å². The van der Waals surface area contributed by atoms with Crippen molar-refractivity contribution in [3.8, 4) is 0 Å². The molecule has 0 aromatic heterocycles. The van der Waals surface area contributed by atoms with Crippen molar-refractivity contribution >= 4 is 0 Å². The Kier molecular flexibility index (Phi) is 0.868. The highest BCUT2D eigenvalue weighted by molar-refractivity contribution is 5.18. The maximum absolute atomic E-state index is 5.46. The van der Waals surface area contributed by atoms with Crippen LogP contribution in [0.5, 0.6) is 0 Å². The second-order valence-electron chi connectivity index (χ2n) is 3.67. The number of likely N-dealkylation sites (N-methyl/N-ethyl adjacent to an activating group) is 1. The van der Waals surface area contributed by atoms with E-state index in [-0.39, 0.29) is 0 Å². The highest BCUT2D eigenvalue weighted by Crippen LogP contribution is 2.50. The third kappa shape index (κ3) is 0.523. The van der Waals surface area contributed by atoms with Crippen LogP contribution in [0.3, 0.4) is 0 Å². The molecule has 0 spiro atoms. The highest BCUT2D eigenvalue weighted by Gasteiger charge is 2.56. The summed E-state index contributed by atoms with van der Waals surface area (Å²) in [5.41, 5.74) is 0. The van der Waals surface area contributed by atoms with Crippen LogP contribution in [0.2, 0.25) is 0 Å². The van der Waals surface area contributed by atoms with Crippen LogP contribution in [0.1, 0.15) is 19.3 Å². The zero-order valence-electron chi connectivity index (χ0n) is 6.21. The lowest BCUT2D eigenvalue weighted by Crippen LogP contribution is -2.39. The summed E-state index contributed by atoms with van der Waals surface area (Å²) in [4.78, 5) is 2.50. The molecule has 0 aromatic carbocycles. The van der Waals surface area contributed by atoms with Crippen LogP contribution in [-0.4, -0.2) is 30.1 Å². The van der Waals surface area contributed by atoms with Crippen molar-refractivity contribution in [1.82, 2.24) is 4.90 Å². The van der Waals surface area contributed by atoms with Crippen LogP contribution < -0.4 is 0 Å². The van der Waals surface area contributed by atoms with E-state index < -0.39 is 0 Å². The molecular formula is C8H12NO. The van der Waals surface area contributed by atoms with Crippen LogP contribution in [0.25, 0.3) is 0 Å². The van der Waals surface area contributed by atoms with Crippen LogP contribution in [0.4, 0.5) is 0 Å². The molecule has 2 nitrogen and oxygen atoms in total. The minimum atomic E-state index is 0.545. The van der Waals surface area contributed by atoms with E-state index in [0.29, 0.717) is 6.10 Å². The van der Waals surface area contributed by atoms with Gasteiger partial charge in [0.2, 0.25) is 0 Å². The molecule has 10 heavy (non-hydrogen) atoms. The zero-order valence-corrected chi connectivity index (χ0v) is 6.21. The van der Waals surface area contributed by atoms with Gasteiger partial charge in [0, 0.05) is 12.1 Å². The minimum Gasteiger partial charge on any atom is -0.361 e. The van der Waals surface area contributed by atoms with E-state index >= 15 is 0 Å². The molecule has 0 aliphatic carbocycles. The van der Waals surface area contributed by atoms with Crippen molar-refractivity contribution in [3.05, 3.63) is 6.10 Å². The van der Waals surface area contributed by atoms with Gasteiger partial charge in [-0.05, 0) is 26.3 Å². The molecule has 3 saturated heterocycles. The topological polar surface area (TPSA) is 15.8 Å². The van der Waals surface area contributed by atoms with Gasteiger partial charge >= 0.3 is 0 Å². The number of epoxide rings is 1. The van der Waals surface area contributed by atoms with Crippen LogP contribution in [0, 0.1) is 6.10 Å². The van der Waals surface area contributed by atoms with E-state index in [1.807, 2.05) is 0 Å². The molecule has 2 heteroatoms. The lowest BCUT2D eigenvalue weighted by Gasteiger charge is -2.27. The van der Waals surface area contributed by atoms with Gasteiger partial charge in [-0.2, -0.15) is 0 Å². The van der Waals surface area contributed by atoms with Gasteiger partial charge in [-0.15, -0.1) is 0 Å². The van der Waals surface area contributed by atoms with Crippen LogP contribution in [0.15, 0.2) is 0 Å². The summed E-state index contributed by atoms with van der Waals surface area (Å²) in [6.07, 6.45) is 5.91. The molecule has 3 atom stereocenters. The normalized spacial score (nSPS) is 53.1. The van der Waals surface area contributed by atoms with Gasteiger partial charge in [-0.3, -0.25) is 4.90 Å². The molecule has 2 bridgehead atoms. The first kappa shape index (κ1) is 5.56. The molecule has 3 aliphatic rings. The van der Waals surface area contributed by atoms with Gasteiger partial charge in [0.1, 0.15) is 12.2 Å². The maximum Gasteiger partial charge on any atom is 0.129 e. The largest absolute Gasteiger partial charge is 0.361 e. The monoisotopic (exact) mass is 138 g/mol. The summed E-state index contributed by atoms with van der Waals surface area (Å²) in [5.74, 6) is 0. The molecule has 3 aliphatic heterocycles. The fourth-order valence-corrected chi connectivity index (χ4v) is 2.47. The molecule has 0 saturated carbocycles. The number of hydrogen-bond acceptors (Lipinski definition) is 2. The zero-order chi connectivity index (χ0) is 6.72. The lowest BCUT2D eigenvalue weighted by molar-refractivity contribution is 0.203. The Balaban J connectivity index is 1.92. The summed E-state index contributed by atoms with van der Waals surface area (Å²) < 4.78 is 5.46. The van der Waals surface area contributed by atoms with Crippen molar-refractivity contribution in [2.45, 2.75) is 37.5 Å². The SMILES string of the molecule is CN1C2CCC1C1O[C]1C2. The second kappa shape index (κ2) is 1.56. The summed E-state index contributed by atoms with van der Waals surface area (Å²) in [7, 11) is 2.24. The minimum absolute atomic E-state index is 0.545. The van der Waals surface area contributed by atoms with Gasteiger partial charge in [0.25, 0.3) is 0 Å². The number of piperidine rings is 1. The number of rotatable bonds is 0. The molecule has 3 rings (SSSR count). The van der Waals surface area contributed by atoms with Crippen LogP contribution in [-0.2, 0) is 4.74 Å². The first-order valence-electron chi connectivity index (χ1n) is 4.10. The Bertz CT molecular complexity index is 171. The highest BCUT2D eigenvalue weighted by atomic mass is 16.6. The van der Waals surface area contributed by atoms with Crippen molar-refractivity contribution in [3.63, 3.8) is 0 Å². The van der Waals surface area contributed by atoms with Gasteiger partial charge < -0.3 is 4.74 Å².